The van der Waals surface area contributed by atoms with Gasteiger partial charge in [0.1, 0.15) is 11.6 Å². The fourth-order valence-corrected chi connectivity index (χ4v) is 4.15. The third kappa shape index (κ3) is 7.65. The smallest absolute Gasteiger partial charge is 0.221 e. The number of benzene rings is 2. The first-order chi connectivity index (χ1) is 15.4. The van der Waals surface area contributed by atoms with Crippen LogP contribution in [0.15, 0.2) is 42.5 Å². The zero-order valence-electron chi connectivity index (χ0n) is 18.5. The Morgan fingerprint density at radius 1 is 1.16 bits per heavy atom. The molecule has 4 N–H and O–H groups in total. The molecule has 3 rings (SSSR count). The SMILES string of the molecule is CCc1cccc(CNC[C@@H](O)[C@H](Cc2cc(F)cc(F)c2)NC(=O)C[C@@H]2CCCN2)c1. The maximum absolute atomic E-state index is 13.7. The van der Waals surface area contributed by atoms with Gasteiger partial charge in [-0.25, -0.2) is 8.78 Å². The third-order valence-electron chi connectivity index (χ3n) is 5.87. The highest BCUT2D eigenvalue weighted by Gasteiger charge is 2.24. The molecular formula is C25H33F2N3O2. The number of hydrogen-bond donors (Lipinski definition) is 4. The Labute approximate surface area is 188 Å². The number of carbonyl (C=O) groups is 1. The fourth-order valence-electron chi connectivity index (χ4n) is 4.15. The van der Waals surface area contributed by atoms with E-state index in [9.17, 15) is 18.7 Å². The number of nitrogens with one attached hydrogen (secondary N) is 3. The van der Waals surface area contributed by atoms with Crippen LogP contribution in [0.2, 0.25) is 0 Å². The van der Waals surface area contributed by atoms with Gasteiger partial charge in [0.05, 0.1) is 12.1 Å². The Morgan fingerprint density at radius 3 is 2.59 bits per heavy atom. The number of hydrogen-bond acceptors (Lipinski definition) is 4. The van der Waals surface area contributed by atoms with Gasteiger partial charge in [0.25, 0.3) is 0 Å². The minimum Gasteiger partial charge on any atom is -0.390 e. The van der Waals surface area contributed by atoms with E-state index in [-0.39, 0.29) is 24.9 Å². The van der Waals surface area contributed by atoms with Crippen molar-refractivity contribution >= 4 is 5.91 Å². The Hall–Kier alpha value is -2.35. The van der Waals surface area contributed by atoms with Crippen molar-refractivity contribution in [2.45, 2.75) is 63.8 Å². The highest BCUT2D eigenvalue weighted by Crippen LogP contribution is 2.14. The van der Waals surface area contributed by atoms with Gasteiger partial charge in [0.2, 0.25) is 5.91 Å². The predicted molar refractivity (Wildman–Crippen MR) is 121 cm³/mol. The third-order valence-corrected chi connectivity index (χ3v) is 5.87. The number of rotatable bonds is 11. The molecular weight excluding hydrogens is 412 g/mol. The monoisotopic (exact) mass is 445 g/mol. The summed E-state index contributed by atoms with van der Waals surface area (Å²) < 4.78 is 27.3. The molecule has 1 aliphatic rings. The molecule has 2 aromatic rings. The summed E-state index contributed by atoms with van der Waals surface area (Å²) in [6.07, 6.45) is 2.45. The average molecular weight is 446 g/mol. The largest absolute Gasteiger partial charge is 0.390 e. The second-order valence-corrected chi connectivity index (χ2v) is 8.52. The maximum Gasteiger partial charge on any atom is 0.221 e. The summed E-state index contributed by atoms with van der Waals surface area (Å²) in [6.45, 7) is 3.81. The molecule has 1 saturated heterocycles. The summed E-state index contributed by atoms with van der Waals surface area (Å²) in [5, 5.41) is 20.2. The van der Waals surface area contributed by atoms with Crippen LogP contribution in [0.3, 0.4) is 0 Å². The molecule has 0 saturated carbocycles. The van der Waals surface area contributed by atoms with Crippen molar-refractivity contribution in [3.8, 4) is 0 Å². The van der Waals surface area contributed by atoms with Crippen LogP contribution < -0.4 is 16.0 Å². The minimum absolute atomic E-state index is 0.128. The topological polar surface area (TPSA) is 73.4 Å². The summed E-state index contributed by atoms with van der Waals surface area (Å²) in [5.74, 6) is -1.53. The summed E-state index contributed by atoms with van der Waals surface area (Å²) in [4.78, 5) is 12.6. The van der Waals surface area contributed by atoms with Crippen LogP contribution in [0.5, 0.6) is 0 Å². The zero-order chi connectivity index (χ0) is 22.9. The molecule has 174 valence electrons. The Balaban J connectivity index is 1.61. The van der Waals surface area contributed by atoms with Gasteiger partial charge in [-0.15, -0.1) is 0 Å². The van der Waals surface area contributed by atoms with Crippen LogP contribution in [-0.2, 0) is 24.2 Å². The molecule has 0 radical (unpaired) electrons. The van der Waals surface area contributed by atoms with Gasteiger partial charge in [-0.1, -0.05) is 31.2 Å². The number of carbonyl (C=O) groups excluding carboxylic acids is 1. The van der Waals surface area contributed by atoms with E-state index in [0.29, 0.717) is 18.5 Å². The Bertz CT molecular complexity index is 867. The van der Waals surface area contributed by atoms with E-state index in [1.165, 1.54) is 17.7 Å². The van der Waals surface area contributed by atoms with Crippen LogP contribution in [0, 0.1) is 11.6 Å². The molecule has 1 heterocycles. The van der Waals surface area contributed by atoms with Gasteiger partial charge in [0, 0.05) is 31.6 Å². The van der Waals surface area contributed by atoms with Crippen molar-refractivity contribution in [1.29, 1.82) is 0 Å². The van der Waals surface area contributed by atoms with Crippen molar-refractivity contribution in [2.24, 2.45) is 0 Å². The molecule has 7 heteroatoms. The van der Waals surface area contributed by atoms with Crippen LogP contribution in [0.4, 0.5) is 8.78 Å². The Kier molecular flexibility index (Phi) is 9.14. The number of aliphatic hydroxyl groups is 1. The van der Waals surface area contributed by atoms with Crippen LogP contribution in [0.1, 0.15) is 42.9 Å². The molecule has 1 aliphatic heterocycles. The Morgan fingerprint density at radius 2 is 1.91 bits per heavy atom. The first kappa shape index (κ1) is 24.3. The molecule has 0 spiro atoms. The highest BCUT2D eigenvalue weighted by molar-refractivity contribution is 5.77. The minimum atomic E-state index is -0.920. The van der Waals surface area contributed by atoms with E-state index >= 15 is 0 Å². The number of halogens is 2. The fraction of sp³-hybridized carbons (Fsp3) is 0.480. The highest BCUT2D eigenvalue weighted by atomic mass is 19.1. The number of amides is 1. The quantitative estimate of drug-likeness (QED) is 0.429. The van der Waals surface area contributed by atoms with Crippen LogP contribution >= 0.6 is 0 Å². The maximum atomic E-state index is 13.7. The van der Waals surface area contributed by atoms with Gasteiger partial charge in [0.15, 0.2) is 0 Å². The second-order valence-electron chi connectivity index (χ2n) is 8.52. The lowest BCUT2D eigenvalue weighted by atomic mass is 10.00. The van der Waals surface area contributed by atoms with Crippen molar-refractivity contribution in [3.05, 3.63) is 70.8 Å². The van der Waals surface area contributed by atoms with E-state index in [1.807, 2.05) is 12.1 Å². The standard InChI is InChI=1S/C25H33F2N3O2/c1-2-17-5-3-6-18(9-17)15-28-16-24(31)23(12-19-10-20(26)13-21(27)11-19)30-25(32)14-22-7-4-8-29-22/h3,5-6,9-11,13,22-24,28-29,31H,2,4,7-8,12,14-16H2,1H3,(H,30,32)/t22-,23-,24+/m0/s1. The summed E-state index contributed by atoms with van der Waals surface area (Å²) in [7, 11) is 0. The average Bonchev–Trinajstić information content (AvgIpc) is 3.25. The lowest BCUT2D eigenvalue weighted by Crippen LogP contribution is -2.49. The summed E-state index contributed by atoms with van der Waals surface area (Å²) >= 11 is 0. The second kappa shape index (κ2) is 12.0. The summed E-state index contributed by atoms with van der Waals surface area (Å²) in [5.41, 5.74) is 2.74. The van der Waals surface area contributed by atoms with Gasteiger partial charge in [-0.3, -0.25) is 4.79 Å². The van der Waals surface area contributed by atoms with Crippen LogP contribution in [0.25, 0.3) is 0 Å². The van der Waals surface area contributed by atoms with Crippen molar-refractivity contribution in [2.75, 3.05) is 13.1 Å². The summed E-state index contributed by atoms with van der Waals surface area (Å²) in [6, 6.07) is 10.9. The number of aryl methyl sites for hydroxylation is 1. The van der Waals surface area contributed by atoms with Crippen molar-refractivity contribution in [3.63, 3.8) is 0 Å². The molecule has 1 amide bonds. The molecule has 0 bridgehead atoms. The lowest BCUT2D eigenvalue weighted by Gasteiger charge is -2.25. The van der Waals surface area contributed by atoms with E-state index in [2.05, 4.69) is 35.0 Å². The van der Waals surface area contributed by atoms with Crippen molar-refractivity contribution in [1.82, 2.24) is 16.0 Å². The molecule has 0 unspecified atom stereocenters. The zero-order valence-corrected chi connectivity index (χ0v) is 18.5. The van der Waals surface area contributed by atoms with E-state index in [1.54, 1.807) is 0 Å². The van der Waals surface area contributed by atoms with Crippen LogP contribution in [-0.4, -0.2) is 42.3 Å². The van der Waals surface area contributed by atoms with E-state index in [4.69, 9.17) is 0 Å². The van der Waals surface area contributed by atoms with E-state index < -0.39 is 23.8 Å². The predicted octanol–water partition coefficient (Wildman–Crippen LogP) is 2.85. The van der Waals surface area contributed by atoms with Gasteiger partial charge in [-0.05, 0) is 61.1 Å². The lowest BCUT2D eigenvalue weighted by molar-refractivity contribution is -0.123. The molecule has 3 atom stereocenters. The van der Waals surface area contributed by atoms with Gasteiger partial charge < -0.3 is 21.1 Å². The van der Waals surface area contributed by atoms with Gasteiger partial charge in [-0.2, -0.15) is 0 Å². The van der Waals surface area contributed by atoms with Gasteiger partial charge >= 0.3 is 0 Å². The first-order valence-electron chi connectivity index (χ1n) is 11.4. The molecule has 1 fully saturated rings. The molecule has 0 aliphatic carbocycles. The van der Waals surface area contributed by atoms with E-state index in [0.717, 1.165) is 37.4 Å². The molecule has 32 heavy (non-hydrogen) atoms. The number of aliphatic hydroxyl groups excluding tert-OH is 1. The first-order valence-corrected chi connectivity index (χ1v) is 11.4. The molecule has 0 aromatic heterocycles. The molecule has 5 nitrogen and oxygen atoms in total. The normalized spacial score (nSPS) is 17.8. The van der Waals surface area contributed by atoms with Crippen molar-refractivity contribution < 1.29 is 18.7 Å². The molecule has 2 aromatic carbocycles.